The van der Waals surface area contributed by atoms with Crippen LogP contribution < -0.4 is 5.73 Å². The Morgan fingerprint density at radius 2 is 2.00 bits per heavy atom. The first-order chi connectivity index (χ1) is 8.55. The number of nitrogens with two attached hydrogens (primary N) is 1. The third-order valence-electron chi connectivity index (χ3n) is 3.81. The van der Waals surface area contributed by atoms with Gasteiger partial charge in [-0.25, -0.2) is 0 Å². The molecule has 0 amide bonds. The van der Waals surface area contributed by atoms with E-state index in [1.807, 2.05) is 0 Å². The summed E-state index contributed by atoms with van der Waals surface area (Å²) < 4.78 is 0. The number of piperidine rings is 1. The van der Waals surface area contributed by atoms with E-state index in [1.54, 1.807) is 0 Å². The van der Waals surface area contributed by atoms with E-state index in [0.29, 0.717) is 5.41 Å². The lowest BCUT2D eigenvalue weighted by molar-refractivity contribution is 0.112. The second-order valence-corrected chi connectivity index (χ2v) is 6.45. The van der Waals surface area contributed by atoms with Crippen LogP contribution in [-0.4, -0.2) is 30.6 Å². The second kappa shape index (κ2) is 5.85. The minimum Gasteiger partial charge on any atom is -0.326 e. The predicted molar refractivity (Wildman–Crippen MR) is 77.6 cm³/mol. The van der Waals surface area contributed by atoms with E-state index in [0.717, 1.165) is 13.0 Å². The smallest absolute Gasteiger partial charge is 0.0208 e. The Morgan fingerprint density at radius 3 is 2.67 bits per heavy atom. The van der Waals surface area contributed by atoms with Crippen molar-refractivity contribution in [3.63, 3.8) is 0 Å². The van der Waals surface area contributed by atoms with Gasteiger partial charge in [0.05, 0.1) is 0 Å². The molecule has 0 aromatic heterocycles. The average molecular weight is 246 g/mol. The Bertz CT molecular complexity index is 359. The molecule has 2 N–H and O–H groups in total. The molecule has 1 atom stereocenters. The van der Waals surface area contributed by atoms with Crippen molar-refractivity contribution in [2.24, 2.45) is 11.1 Å². The predicted octanol–water partition coefficient (Wildman–Crippen LogP) is 2.68. The van der Waals surface area contributed by atoms with Crippen LogP contribution in [0.5, 0.6) is 0 Å². The average Bonchev–Trinajstić information content (AvgIpc) is 2.28. The minimum atomic E-state index is 0.251. The van der Waals surface area contributed by atoms with Crippen molar-refractivity contribution in [2.75, 3.05) is 19.6 Å². The van der Waals surface area contributed by atoms with Crippen LogP contribution in [0.4, 0.5) is 0 Å². The lowest BCUT2D eigenvalue weighted by Crippen LogP contribution is -2.46. The lowest BCUT2D eigenvalue weighted by Gasteiger charge is -2.39. The fourth-order valence-corrected chi connectivity index (χ4v) is 3.01. The van der Waals surface area contributed by atoms with Gasteiger partial charge in [-0.2, -0.15) is 0 Å². The largest absolute Gasteiger partial charge is 0.326 e. The highest BCUT2D eigenvalue weighted by Gasteiger charge is 2.26. The molecule has 2 nitrogen and oxygen atoms in total. The quantitative estimate of drug-likeness (QED) is 0.885. The van der Waals surface area contributed by atoms with Crippen LogP contribution in [0, 0.1) is 5.41 Å². The molecular formula is C16H26N2. The Labute approximate surface area is 111 Å². The van der Waals surface area contributed by atoms with Gasteiger partial charge in [0.15, 0.2) is 0 Å². The number of rotatable bonds is 4. The van der Waals surface area contributed by atoms with E-state index in [4.69, 9.17) is 5.73 Å². The molecule has 1 aliphatic rings. The zero-order valence-electron chi connectivity index (χ0n) is 11.7. The molecule has 0 saturated carbocycles. The van der Waals surface area contributed by atoms with Gasteiger partial charge < -0.3 is 10.6 Å². The van der Waals surface area contributed by atoms with E-state index in [9.17, 15) is 0 Å². The lowest BCUT2D eigenvalue weighted by atomic mass is 9.84. The molecular weight excluding hydrogens is 220 g/mol. The summed E-state index contributed by atoms with van der Waals surface area (Å²) in [5, 5.41) is 0. The van der Waals surface area contributed by atoms with Gasteiger partial charge in [0.1, 0.15) is 0 Å². The van der Waals surface area contributed by atoms with E-state index in [-0.39, 0.29) is 6.04 Å². The maximum atomic E-state index is 6.28. The molecule has 1 heterocycles. The van der Waals surface area contributed by atoms with Crippen molar-refractivity contribution in [3.8, 4) is 0 Å². The van der Waals surface area contributed by atoms with Crippen LogP contribution in [-0.2, 0) is 6.42 Å². The number of benzene rings is 1. The zero-order valence-corrected chi connectivity index (χ0v) is 11.7. The van der Waals surface area contributed by atoms with Crippen molar-refractivity contribution < 1.29 is 0 Å². The van der Waals surface area contributed by atoms with Gasteiger partial charge >= 0.3 is 0 Å². The third-order valence-corrected chi connectivity index (χ3v) is 3.81. The summed E-state index contributed by atoms with van der Waals surface area (Å²) in [6.45, 7) is 8.16. The Kier molecular flexibility index (Phi) is 4.41. The van der Waals surface area contributed by atoms with Gasteiger partial charge in [-0.3, -0.25) is 0 Å². The van der Waals surface area contributed by atoms with Crippen molar-refractivity contribution in [3.05, 3.63) is 35.9 Å². The summed E-state index contributed by atoms with van der Waals surface area (Å²) in [5.41, 5.74) is 8.09. The van der Waals surface area contributed by atoms with E-state index < -0.39 is 0 Å². The molecule has 0 bridgehead atoms. The van der Waals surface area contributed by atoms with Gasteiger partial charge in [0.2, 0.25) is 0 Å². The SMILES string of the molecule is CC1(C)CCCN(CC(N)Cc2ccccc2)C1. The molecule has 0 radical (unpaired) electrons. The fourth-order valence-electron chi connectivity index (χ4n) is 3.01. The molecule has 1 aromatic rings. The first kappa shape index (κ1) is 13.6. The van der Waals surface area contributed by atoms with E-state index in [2.05, 4.69) is 49.1 Å². The van der Waals surface area contributed by atoms with Crippen molar-refractivity contribution in [1.82, 2.24) is 4.90 Å². The molecule has 1 saturated heterocycles. The molecule has 0 aliphatic carbocycles. The van der Waals surface area contributed by atoms with Crippen LogP contribution in [0.3, 0.4) is 0 Å². The highest BCUT2D eigenvalue weighted by Crippen LogP contribution is 2.28. The first-order valence-corrected chi connectivity index (χ1v) is 7.07. The van der Waals surface area contributed by atoms with E-state index >= 15 is 0 Å². The zero-order chi connectivity index (χ0) is 13.0. The van der Waals surface area contributed by atoms with Crippen LogP contribution in [0.25, 0.3) is 0 Å². The van der Waals surface area contributed by atoms with Crippen LogP contribution in [0.1, 0.15) is 32.3 Å². The minimum absolute atomic E-state index is 0.251. The van der Waals surface area contributed by atoms with Crippen LogP contribution in [0.2, 0.25) is 0 Å². The summed E-state index contributed by atoms with van der Waals surface area (Å²) in [7, 11) is 0. The van der Waals surface area contributed by atoms with Crippen molar-refractivity contribution in [2.45, 2.75) is 39.2 Å². The molecule has 0 spiro atoms. The third kappa shape index (κ3) is 4.11. The molecule has 1 unspecified atom stereocenters. The Balaban J connectivity index is 1.82. The summed E-state index contributed by atoms with van der Waals surface area (Å²) >= 11 is 0. The first-order valence-electron chi connectivity index (χ1n) is 7.07. The molecule has 100 valence electrons. The molecule has 1 aromatic carbocycles. The van der Waals surface area contributed by atoms with Gasteiger partial charge in [-0.1, -0.05) is 44.2 Å². The Morgan fingerprint density at radius 1 is 1.28 bits per heavy atom. The van der Waals surface area contributed by atoms with Gasteiger partial charge in [-0.15, -0.1) is 0 Å². The summed E-state index contributed by atoms with van der Waals surface area (Å²) in [6.07, 6.45) is 3.64. The summed E-state index contributed by atoms with van der Waals surface area (Å²) in [5.74, 6) is 0. The summed E-state index contributed by atoms with van der Waals surface area (Å²) in [6, 6.07) is 10.8. The molecule has 18 heavy (non-hydrogen) atoms. The fraction of sp³-hybridized carbons (Fsp3) is 0.625. The van der Waals surface area contributed by atoms with Crippen molar-refractivity contribution in [1.29, 1.82) is 0 Å². The molecule has 2 heteroatoms. The topological polar surface area (TPSA) is 29.3 Å². The maximum absolute atomic E-state index is 6.28. The standard InChI is InChI=1S/C16H26N2/c1-16(2)9-6-10-18(13-16)12-15(17)11-14-7-4-3-5-8-14/h3-5,7-8,15H,6,9-13,17H2,1-2H3. The number of likely N-dealkylation sites (tertiary alicyclic amines) is 1. The van der Waals surface area contributed by atoms with Gasteiger partial charge in [0.25, 0.3) is 0 Å². The Hall–Kier alpha value is -0.860. The highest BCUT2D eigenvalue weighted by atomic mass is 15.1. The molecule has 1 aliphatic heterocycles. The summed E-state index contributed by atoms with van der Waals surface area (Å²) in [4.78, 5) is 2.54. The second-order valence-electron chi connectivity index (χ2n) is 6.45. The highest BCUT2D eigenvalue weighted by molar-refractivity contribution is 5.15. The van der Waals surface area contributed by atoms with E-state index in [1.165, 1.54) is 31.5 Å². The number of hydrogen-bond donors (Lipinski definition) is 1. The van der Waals surface area contributed by atoms with Gasteiger partial charge in [-0.05, 0) is 36.8 Å². The molecule has 1 fully saturated rings. The normalized spacial score (nSPS) is 21.7. The molecule has 2 rings (SSSR count). The van der Waals surface area contributed by atoms with Crippen molar-refractivity contribution >= 4 is 0 Å². The number of hydrogen-bond acceptors (Lipinski definition) is 2. The number of nitrogens with zero attached hydrogens (tertiary/aromatic N) is 1. The van der Waals surface area contributed by atoms with Gasteiger partial charge in [0, 0.05) is 19.1 Å². The van der Waals surface area contributed by atoms with Crippen LogP contribution >= 0.6 is 0 Å². The maximum Gasteiger partial charge on any atom is 0.0208 e. The monoisotopic (exact) mass is 246 g/mol. The van der Waals surface area contributed by atoms with Crippen LogP contribution in [0.15, 0.2) is 30.3 Å².